The number of aromatic nitrogens is 3. The van der Waals surface area contributed by atoms with Crippen molar-refractivity contribution in [1.29, 1.82) is 0 Å². The van der Waals surface area contributed by atoms with Crippen molar-refractivity contribution in [3.05, 3.63) is 38.7 Å². The Bertz CT molecular complexity index is 1370. The first-order valence-electron chi connectivity index (χ1n) is 12.5. The molecule has 0 atom stereocenters. The second-order valence-corrected chi connectivity index (χ2v) is 9.61. The van der Waals surface area contributed by atoms with E-state index in [1.54, 1.807) is 30.3 Å². The van der Waals surface area contributed by atoms with E-state index < -0.39 is 0 Å². The van der Waals surface area contributed by atoms with Gasteiger partial charge in [0.25, 0.3) is 5.56 Å². The average Bonchev–Trinajstić information content (AvgIpc) is 2.93. The van der Waals surface area contributed by atoms with Gasteiger partial charge in [0.05, 0.1) is 68.9 Å². The highest BCUT2D eigenvalue weighted by Gasteiger charge is 2.26. The number of ether oxygens (including phenoxy) is 5. The van der Waals surface area contributed by atoms with E-state index in [4.69, 9.17) is 46.9 Å². The van der Waals surface area contributed by atoms with Gasteiger partial charge in [-0.2, -0.15) is 4.98 Å². The molecule has 1 aromatic carbocycles. The third-order valence-electron chi connectivity index (χ3n) is 6.33. The van der Waals surface area contributed by atoms with Crippen molar-refractivity contribution in [2.75, 3.05) is 72.7 Å². The Hall–Kier alpha value is -3.16. The molecular weight excluding hydrogens is 565 g/mol. The van der Waals surface area contributed by atoms with Crippen LogP contribution in [0, 0.1) is 0 Å². The summed E-state index contributed by atoms with van der Waals surface area (Å²) in [6.45, 7) is 3.30. The van der Waals surface area contributed by atoms with Gasteiger partial charge >= 0.3 is 0 Å². The molecule has 216 valence electrons. The molecule has 3 aromatic rings. The first-order valence-corrected chi connectivity index (χ1v) is 13.3. The second-order valence-electron chi connectivity index (χ2n) is 8.86. The number of nitrogens with zero attached hydrogens (tertiary/aromatic N) is 4. The summed E-state index contributed by atoms with van der Waals surface area (Å²) in [6, 6.07) is 3.20. The highest BCUT2D eigenvalue weighted by molar-refractivity contribution is 6.41. The molecule has 0 aliphatic carbocycles. The van der Waals surface area contributed by atoms with E-state index in [1.807, 2.05) is 0 Å². The maximum Gasteiger partial charge on any atom is 0.260 e. The Morgan fingerprint density at radius 1 is 1.05 bits per heavy atom. The van der Waals surface area contributed by atoms with Gasteiger partial charge in [0, 0.05) is 50.0 Å². The Morgan fingerprint density at radius 2 is 1.77 bits per heavy atom. The third-order valence-corrected chi connectivity index (χ3v) is 7.08. The Morgan fingerprint density at radius 3 is 2.42 bits per heavy atom. The summed E-state index contributed by atoms with van der Waals surface area (Å²) in [5.74, 6) is 0.949. The first-order chi connectivity index (χ1) is 19.4. The zero-order valence-electron chi connectivity index (χ0n) is 22.4. The standard InChI is InChI=1S/C26H31Cl2N5O7/c1-36-8-9-39-6-4-29-26-30-12-16-10-18(21-22(27)19(37-2)11-20(38-3)23(21)28)25(35)33(24(16)31-26)5-7-40-17-13-32(14-17)15-34/h10-12,15,17H,4-9,13-14H2,1-3H3,(H,29,30,31). The zero-order chi connectivity index (χ0) is 28.6. The molecule has 4 rings (SSSR count). The summed E-state index contributed by atoms with van der Waals surface area (Å²) in [4.78, 5) is 35.4. The van der Waals surface area contributed by atoms with Crippen LogP contribution in [0.4, 0.5) is 5.95 Å². The number of benzene rings is 1. The van der Waals surface area contributed by atoms with Crippen molar-refractivity contribution in [2.24, 2.45) is 0 Å². The SMILES string of the molecule is COCCOCCNc1ncc2cc(-c3c(Cl)c(OC)cc(OC)c3Cl)c(=O)n(CCOC3CN(C=O)C3)c2n1. The predicted molar refractivity (Wildman–Crippen MR) is 151 cm³/mol. The fraction of sp³-hybridized carbons (Fsp3) is 0.462. The van der Waals surface area contributed by atoms with Crippen LogP contribution < -0.4 is 20.3 Å². The number of pyridine rings is 1. The summed E-state index contributed by atoms with van der Waals surface area (Å²) >= 11 is 13.3. The number of amides is 1. The molecule has 0 radical (unpaired) electrons. The van der Waals surface area contributed by atoms with Gasteiger partial charge in [-0.3, -0.25) is 14.2 Å². The van der Waals surface area contributed by atoms with Gasteiger partial charge in [-0.15, -0.1) is 0 Å². The number of carbonyl (C=O) groups excluding carboxylic acids is 1. The van der Waals surface area contributed by atoms with Gasteiger partial charge in [-0.25, -0.2) is 4.98 Å². The van der Waals surface area contributed by atoms with Gasteiger partial charge in [-0.05, 0) is 6.07 Å². The summed E-state index contributed by atoms with van der Waals surface area (Å²) in [6.07, 6.45) is 2.31. The maximum atomic E-state index is 14.0. The number of rotatable bonds is 15. The molecule has 14 heteroatoms. The van der Waals surface area contributed by atoms with E-state index in [9.17, 15) is 9.59 Å². The van der Waals surface area contributed by atoms with E-state index in [-0.39, 0.29) is 46.0 Å². The van der Waals surface area contributed by atoms with Crippen LogP contribution in [0.2, 0.25) is 10.0 Å². The summed E-state index contributed by atoms with van der Waals surface area (Å²) < 4.78 is 28.6. The van der Waals surface area contributed by atoms with E-state index in [0.717, 1.165) is 6.41 Å². The van der Waals surface area contributed by atoms with Crippen LogP contribution in [0.3, 0.4) is 0 Å². The van der Waals surface area contributed by atoms with Crippen LogP contribution in [0.1, 0.15) is 0 Å². The van der Waals surface area contributed by atoms with E-state index in [2.05, 4.69) is 15.3 Å². The Kier molecular flexibility index (Phi) is 10.4. The fourth-order valence-corrected chi connectivity index (χ4v) is 4.91. The van der Waals surface area contributed by atoms with Crippen molar-refractivity contribution >= 4 is 46.6 Å². The molecule has 1 aliphatic heterocycles. The van der Waals surface area contributed by atoms with Gasteiger partial charge in [-0.1, -0.05) is 23.2 Å². The number of anilines is 1. The van der Waals surface area contributed by atoms with Gasteiger partial charge in [0.2, 0.25) is 12.4 Å². The van der Waals surface area contributed by atoms with Crippen molar-refractivity contribution in [2.45, 2.75) is 12.6 Å². The van der Waals surface area contributed by atoms with Gasteiger partial charge in [0.1, 0.15) is 17.1 Å². The lowest BCUT2D eigenvalue weighted by atomic mass is 10.0. The number of carbonyl (C=O) groups is 1. The Labute approximate surface area is 241 Å². The lowest BCUT2D eigenvalue weighted by molar-refractivity contribution is -0.131. The first kappa shape index (κ1) is 29.8. The number of nitrogens with one attached hydrogen (secondary N) is 1. The summed E-state index contributed by atoms with van der Waals surface area (Å²) in [5, 5.41) is 4.03. The minimum absolute atomic E-state index is 0.0909. The minimum atomic E-state index is -0.383. The van der Waals surface area contributed by atoms with Crippen molar-refractivity contribution in [1.82, 2.24) is 19.4 Å². The fourth-order valence-electron chi connectivity index (χ4n) is 4.20. The third kappa shape index (κ3) is 6.58. The highest BCUT2D eigenvalue weighted by atomic mass is 35.5. The zero-order valence-corrected chi connectivity index (χ0v) is 24.0. The predicted octanol–water partition coefficient (Wildman–Crippen LogP) is 2.71. The lowest BCUT2D eigenvalue weighted by Crippen LogP contribution is -2.51. The molecule has 3 heterocycles. The van der Waals surface area contributed by atoms with Crippen molar-refractivity contribution < 1.29 is 28.5 Å². The van der Waals surface area contributed by atoms with Crippen LogP contribution in [-0.2, 0) is 25.5 Å². The molecule has 1 aliphatic rings. The molecule has 2 aromatic heterocycles. The monoisotopic (exact) mass is 595 g/mol. The van der Waals surface area contributed by atoms with E-state index in [0.29, 0.717) is 67.9 Å². The molecule has 1 N–H and O–H groups in total. The maximum absolute atomic E-state index is 14.0. The second kappa shape index (κ2) is 14.0. The van der Waals surface area contributed by atoms with Crippen LogP contribution >= 0.6 is 23.2 Å². The summed E-state index contributed by atoms with van der Waals surface area (Å²) in [7, 11) is 4.54. The van der Waals surface area contributed by atoms with Gasteiger partial charge < -0.3 is 33.9 Å². The van der Waals surface area contributed by atoms with Crippen molar-refractivity contribution in [3.63, 3.8) is 0 Å². The molecule has 0 unspecified atom stereocenters. The minimum Gasteiger partial charge on any atom is -0.495 e. The van der Waals surface area contributed by atoms with Crippen LogP contribution in [0.15, 0.2) is 23.1 Å². The van der Waals surface area contributed by atoms with Crippen LogP contribution in [0.5, 0.6) is 11.5 Å². The number of hydrogen-bond acceptors (Lipinski definition) is 10. The largest absolute Gasteiger partial charge is 0.495 e. The number of likely N-dealkylation sites (tertiary alicyclic amines) is 1. The molecule has 0 spiro atoms. The topological polar surface area (TPSA) is 126 Å². The van der Waals surface area contributed by atoms with Crippen molar-refractivity contribution in [3.8, 4) is 22.6 Å². The van der Waals surface area contributed by atoms with Gasteiger partial charge in [0.15, 0.2) is 0 Å². The molecule has 1 fully saturated rings. The van der Waals surface area contributed by atoms with Crippen LogP contribution in [0.25, 0.3) is 22.2 Å². The molecule has 12 nitrogen and oxygen atoms in total. The van der Waals surface area contributed by atoms with E-state index in [1.165, 1.54) is 18.8 Å². The Balaban J connectivity index is 1.70. The lowest BCUT2D eigenvalue weighted by Gasteiger charge is -2.35. The molecule has 0 bridgehead atoms. The number of fused-ring (bicyclic) bond motifs is 1. The molecular formula is C26H31Cl2N5O7. The molecule has 40 heavy (non-hydrogen) atoms. The number of halogens is 2. The van der Waals surface area contributed by atoms with Crippen LogP contribution in [-0.4, -0.2) is 99.3 Å². The smallest absolute Gasteiger partial charge is 0.260 e. The highest BCUT2D eigenvalue weighted by Crippen LogP contribution is 2.45. The molecule has 0 saturated carbocycles. The molecule has 1 saturated heterocycles. The quantitative estimate of drug-likeness (QED) is 0.207. The number of methoxy groups -OCH3 is 3. The van der Waals surface area contributed by atoms with E-state index >= 15 is 0 Å². The molecule has 1 amide bonds. The normalized spacial score (nSPS) is 13.4. The number of hydrogen-bond donors (Lipinski definition) is 1. The average molecular weight is 596 g/mol. The summed E-state index contributed by atoms with van der Waals surface area (Å²) in [5.41, 5.74) is 0.523.